The van der Waals surface area contributed by atoms with Gasteiger partial charge in [0, 0.05) is 11.1 Å². The summed E-state index contributed by atoms with van der Waals surface area (Å²) in [6.07, 6.45) is 1.55. The number of hydrogen-bond donors (Lipinski definition) is 0. The van der Waals surface area contributed by atoms with Crippen LogP contribution in [-0.4, -0.2) is 18.8 Å². The molecular formula is C19H17NO2. The fourth-order valence-electron chi connectivity index (χ4n) is 2.45. The summed E-state index contributed by atoms with van der Waals surface area (Å²) >= 11 is 0. The summed E-state index contributed by atoms with van der Waals surface area (Å²) in [5.41, 5.74) is 4.48. The molecule has 0 aromatic heterocycles. The first kappa shape index (κ1) is 14.3. The van der Waals surface area contributed by atoms with E-state index in [-0.39, 0.29) is 5.97 Å². The summed E-state index contributed by atoms with van der Waals surface area (Å²) in [5.74, 6) is -0.273. The Morgan fingerprint density at radius 2 is 1.45 bits per heavy atom. The van der Waals surface area contributed by atoms with Gasteiger partial charge in [0.05, 0.1) is 24.1 Å². The number of carbonyl (C=O) groups is 1. The summed E-state index contributed by atoms with van der Waals surface area (Å²) in [6, 6.07) is 20.0. The quantitative estimate of drug-likeness (QED) is 0.635. The highest BCUT2D eigenvalue weighted by atomic mass is 16.5. The average molecular weight is 291 g/mol. The van der Waals surface area contributed by atoms with Gasteiger partial charge in [-0.25, -0.2) is 4.79 Å². The van der Waals surface area contributed by atoms with Gasteiger partial charge in [-0.05, 0) is 12.8 Å². The van der Waals surface area contributed by atoms with Crippen LogP contribution in [0.15, 0.2) is 76.9 Å². The Balaban J connectivity index is 2.08. The van der Waals surface area contributed by atoms with E-state index in [0.717, 1.165) is 35.4 Å². The summed E-state index contributed by atoms with van der Waals surface area (Å²) < 4.78 is 4.81. The van der Waals surface area contributed by atoms with Gasteiger partial charge in [0.1, 0.15) is 0 Å². The first-order chi connectivity index (χ1) is 10.8. The first-order valence-corrected chi connectivity index (χ1v) is 7.29. The lowest BCUT2D eigenvalue weighted by Gasteiger charge is -2.19. The van der Waals surface area contributed by atoms with Crippen LogP contribution in [0.1, 0.15) is 24.0 Å². The second-order valence-electron chi connectivity index (χ2n) is 5.11. The maximum Gasteiger partial charge on any atom is 0.335 e. The molecule has 110 valence electrons. The summed E-state index contributed by atoms with van der Waals surface area (Å²) in [7, 11) is 1.41. The van der Waals surface area contributed by atoms with Crippen LogP contribution in [0.5, 0.6) is 0 Å². The molecule has 0 N–H and O–H groups in total. The zero-order valence-electron chi connectivity index (χ0n) is 12.5. The monoisotopic (exact) mass is 291 g/mol. The summed E-state index contributed by atoms with van der Waals surface area (Å²) in [6.45, 7) is 0. The van der Waals surface area contributed by atoms with Gasteiger partial charge in [-0.1, -0.05) is 60.7 Å². The second-order valence-corrected chi connectivity index (χ2v) is 5.11. The minimum Gasteiger partial charge on any atom is -0.466 e. The number of rotatable bonds is 4. The number of carbonyl (C=O) groups excluding carboxylic acids is 1. The molecule has 3 heteroatoms. The summed E-state index contributed by atoms with van der Waals surface area (Å²) in [4.78, 5) is 16.5. The maximum absolute atomic E-state index is 11.7. The molecule has 2 aromatic rings. The number of aliphatic imine (C=N–C) groups is 1. The molecule has 0 radical (unpaired) electrons. The fraction of sp³-hybridized carbons (Fsp3) is 0.158. The number of hydrogen-bond acceptors (Lipinski definition) is 3. The Labute approximate surface area is 130 Å². The zero-order chi connectivity index (χ0) is 15.4. The van der Waals surface area contributed by atoms with E-state index < -0.39 is 0 Å². The second kappa shape index (κ2) is 6.39. The number of methoxy groups -OCH3 is 1. The molecule has 0 saturated heterocycles. The third kappa shape index (κ3) is 2.84. The Morgan fingerprint density at radius 3 is 1.86 bits per heavy atom. The number of allylic oxidation sites excluding steroid dienone is 1. The van der Waals surface area contributed by atoms with Crippen molar-refractivity contribution in [2.45, 2.75) is 12.8 Å². The molecular weight excluding hydrogens is 274 g/mol. The molecule has 1 aliphatic carbocycles. The van der Waals surface area contributed by atoms with Crippen LogP contribution >= 0.6 is 0 Å². The zero-order valence-corrected chi connectivity index (χ0v) is 12.5. The highest BCUT2D eigenvalue weighted by Crippen LogP contribution is 2.31. The molecule has 2 aromatic carbocycles. The minimum atomic E-state index is -0.273. The molecule has 22 heavy (non-hydrogen) atoms. The molecule has 0 amide bonds. The average Bonchev–Trinajstić information content (AvgIpc) is 2.56. The van der Waals surface area contributed by atoms with Crippen LogP contribution in [0.2, 0.25) is 0 Å². The summed E-state index contributed by atoms with van der Waals surface area (Å²) in [5, 5.41) is 0. The Hall–Kier alpha value is -2.68. The predicted octanol–water partition coefficient (Wildman–Crippen LogP) is 3.74. The van der Waals surface area contributed by atoms with E-state index in [2.05, 4.69) is 0 Å². The van der Waals surface area contributed by atoms with Crippen molar-refractivity contribution in [1.82, 2.24) is 0 Å². The van der Waals surface area contributed by atoms with Crippen molar-refractivity contribution in [3.05, 3.63) is 83.1 Å². The Bertz CT molecular complexity index is 689. The lowest BCUT2D eigenvalue weighted by atomic mass is 9.93. The molecule has 3 nitrogen and oxygen atoms in total. The standard InChI is InChI=1S/C19H17NO2/c1-22-19(21)16-12-13-17(16)20-18(14-8-4-2-5-9-14)15-10-6-3-7-11-15/h2-11H,12-13H2,1H3. The third-order valence-corrected chi connectivity index (χ3v) is 3.73. The highest BCUT2D eigenvalue weighted by molar-refractivity contribution is 6.13. The van der Waals surface area contributed by atoms with Gasteiger partial charge in [0.15, 0.2) is 0 Å². The molecule has 0 bridgehead atoms. The van der Waals surface area contributed by atoms with Crippen molar-refractivity contribution < 1.29 is 9.53 Å². The van der Waals surface area contributed by atoms with Crippen molar-refractivity contribution in [3.63, 3.8) is 0 Å². The van der Waals surface area contributed by atoms with E-state index in [0.29, 0.717) is 5.57 Å². The van der Waals surface area contributed by atoms with Crippen LogP contribution in [0.4, 0.5) is 0 Å². The highest BCUT2D eigenvalue weighted by Gasteiger charge is 2.24. The number of ether oxygens (including phenoxy) is 1. The van der Waals surface area contributed by atoms with Gasteiger partial charge in [-0.2, -0.15) is 0 Å². The number of nitrogens with zero attached hydrogens (tertiary/aromatic N) is 1. The molecule has 0 saturated carbocycles. The van der Waals surface area contributed by atoms with Crippen molar-refractivity contribution in [3.8, 4) is 0 Å². The largest absolute Gasteiger partial charge is 0.466 e. The minimum absolute atomic E-state index is 0.273. The van der Waals surface area contributed by atoms with E-state index in [1.54, 1.807) is 0 Å². The van der Waals surface area contributed by atoms with Gasteiger partial charge in [-0.3, -0.25) is 4.99 Å². The van der Waals surface area contributed by atoms with Crippen molar-refractivity contribution in [2.24, 2.45) is 4.99 Å². The van der Waals surface area contributed by atoms with Crippen LogP contribution in [0.3, 0.4) is 0 Å². The van der Waals surface area contributed by atoms with Crippen LogP contribution in [-0.2, 0) is 9.53 Å². The van der Waals surface area contributed by atoms with Crippen LogP contribution < -0.4 is 0 Å². The van der Waals surface area contributed by atoms with E-state index in [4.69, 9.17) is 9.73 Å². The number of esters is 1. The molecule has 3 rings (SSSR count). The molecule has 0 atom stereocenters. The van der Waals surface area contributed by atoms with Gasteiger partial charge in [0.2, 0.25) is 0 Å². The molecule has 0 fully saturated rings. The molecule has 0 unspecified atom stereocenters. The normalized spacial score (nSPS) is 13.3. The van der Waals surface area contributed by atoms with Crippen molar-refractivity contribution in [1.29, 1.82) is 0 Å². The van der Waals surface area contributed by atoms with Crippen LogP contribution in [0.25, 0.3) is 0 Å². The predicted molar refractivity (Wildman–Crippen MR) is 86.8 cm³/mol. The van der Waals surface area contributed by atoms with Crippen molar-refractivity contribution in [2.75, 3.05) is 7.11 Å². The fourth-order valence-corrected chi connectivity index (χ4v) is 2.45. The Kier molecular flexibility index (Phi) is 4.15. The molecule has 0 aliphatic heterocycles. The van der Waals surface area contributed by atoms with Gasteiger partial charge < -0.3 is 4.74 Å². The van der Waals surface area contributed by atoms with Gasteiger partial charge in [-0.15, -0.1) is 0 Å². The molecule has 0 spiro atoms. The van der Waals surface area contributed by atoms with Crippen LogP contribution in [0, 0.1) is 0 Å². The lowest BCUT2D eigenvalue weighted by molar-refractivity contribution is -0.136. The SMILES string of the molecule is COC(=O)C1=C(N=C(c2ccccc2)c2ccccc2)CC1. The van der Waals surface area contributed by atoms with Crippen molar-refractivity contribution >= 4 is 11.7 Å². The van der Waals surface area contributed by atoms with E-state index in [1.165, 1.54) is 7.11 Å². The molecule has 1 aliphatic rings. The maximum atomic E-state index is 11.7. The number of benzene rings is 2. The van der Waals surface area contributed by atoms with E-state index in [9.17, 15) is 4.79 Å². The Morgan fingerprint density at radius 1 is 0.909 bits per heavy atom. The molecule has 0 heterocycles. The lowest BCUT2D eigenvalue weighted by Crippen LogP contribution is -2.16. The smallest absolute Gasteiger partial charge is 0.335 e. The van der Waals surface area contributed by atoms with Gasteiger partial charge >= 0.3 is 5.97 Å². The van der Waals surface area contributed by atoms with E-state index in [1.807, 2.05) is 60.7 Å². The van der Waals surface area contributed by atoms with Gasteiger partial charge in [0.25, 0.3) is 0 Å². The topological polar surface area (TPSA) is 38.7 Å². The third-order valence-electron chi connectivity index (χ3n) is 3.73. The van der Waals surface area contributed by atoms with E-state index >= 15 is 0 Å². The first-order valence-electron chi connectivity index (χ1n) is 7.29.